The Bertz CT molecular complexity index is 974. The highest BCUT2D eigenvalue weighted by atomic mass is 32.2. The van der Waals surface area contributed by atoms with E-state index in [1.807, 2.05) is 40.6 Å². The quantitative estimate of drug-likeness (QED) is 0.627. The van der Waals surface area contributed by atoms with Crippen molar-refractivity contribution in [3.63, 3.8) is 0 Å². The molecule has 152 valence electrons. The van der Waals surface area contributed by atoms with E-state index in [9.17, 15) is 9.59 Å². The first-order chi connectivity index (χ1) is 14.2. The Balaban J connectivity index is 1.26. The Labute approximate surface area is 177 Å². The number of thiophene rings is 1. The van der Waals surface area contributed by atoms with Crippen molar-refractivity contribution in [2.45, 2.75) is 25.0 Å². The minimum Gasteiger partial charge on any atom is -0.342 e. The Morgan fingerprint density at radius 1 is 1.17 bits per heavy atom. The maximum Gasteiger partial charge on any atom is 0.348 e. The second kappa shape index (κ2) is 9.45. The number of hydrogen-bond donors (Lipinski definition) is 1. The number of aromatic nitrogens is 3. The van der Waals surface area contributed by atoms with Crippen LogP contribution in [0, 0.1) is 5.92 Å². The fourth-order valence-electron chi connectivity index (χ4n) is 3.66. The fourth-order valence-corrected chi connectivity index (χ4v) is 5.29. The summed E-state index contributed by atoms with van der Waals surface area (Å²) in [5.41, 5.74) is 1.06. The largest absolute Gasteiger partial charge is 0.348 e. The Morgan fingerprint density at radius 2 is 1.97 bits per heavy atom. The SMILES string of the molecule is O=C(CSCc1ccccc1)N1CCC(Cc2n[nH]c(=O)n2-c2cccs2)CC1. The standard InChI is InChI=1S/C21H24N4O2S2/c26-19(15-28-14-17-5-2-1-3-6-17)24-10-8-16(9-11-24)13-18-22-23-21(27)25(18)20-7-4-12-29-20/h1-7,12,16H,8-11,13-15H2,(H,23,27). The maximum absolute atomic E-state index is 12.5. The number of rotatable bonds is 7. The minimum absolute atomic E-state index is 0.189. The van der Waals surface area contributed by atoms with E-state index in [1.165, 1.54) is 16.9 Å². The number of aromatic amines is 1. The Kier molecular flexibility index (Phi) is 6.51. The summed E-state index contributed by atoms with van der Waals surface area (Å²) in [6.45, 7) is 1.56. The number of piperidine rings is 1. The van der Waals surface area contributed by atoms with Crippen LogP contribution < -0.4 is 5.69 Å². The van der Waals surface area contributed by atoms with Crippen LogP contribution in [-0.2, 0) is 17.0 Å². The van der Waals surface area contributed by atoms with Gasteiger partial charge in [0.25, 0.3) is 0 Å². The molecule has 1 N–H and O–H groups in total. The van der Waals surface area contributed by atoms with Gasteiger partial charge >= 0.3 is 5.69 Å². The molecule has 1 amide bonds. The van der Waals surface area contributed by atoms with Crippen LogP contribution in [-0.4, -0.2) is 44.4 Å². The lowest BCUT2D eigenvalue weighted by Gasteiger charge is -2.31. The molecule has 0 bridgehead atoms. The molecule has 4 rings (SSSR count). The molecule has 0 spiro atoms. The van der Waals surface area contributed by atoms with Crippen LogP contribution in [0.25, 0.3) is 5.00 Å². The molecule has 1 saturated heterocycles. The molecule has 1 aliphatic heterocycles. The summed E-state index contributed by atoms with van der Waals surface area (Å²) in [6.07, 6.45) is 2.64. The topological polar surface area (TPSA) is 71.0 Å². The van der Waals surface area contributed by atoms with Crippen LogP contribution in [0.4, 0.5) is 0 Å². The van der Waals surface area contributed by atoms with Gasteiger partial charge in [0.15, 0.2) is 0 Å². The molecule has 2 aromatic heterocycles. The molecular formula is C21H24N4O2S2. The van der Waals surface area contributed by atoms with Crippen LogP contribution in [0.5, 0.6) is 0 Å². The first-order valence-electron chi connectivity index (χ1n) is 9.80. The van der Waals surface area contributed by atoms with Gasteiger partial charge < -0.3 is 4.90 Å². The number of benzene rings is 1. The minimum atomic E-state index is -0.189. The molecule has 0 atom stereocenters. The molecule has 1 fully saturated rings. The van der Waals surface area contributed by atoms with Gasteiger partial charge in [-0.2, -0.15) is 5.10 Å². The van der Waals surface area contributed by atoms with Crippen LogP contribution in [0.1, 0.15) is 24.2 Å². The molecule has 1 aliphatic rings. The van der Waals surface area contributed by atoms with E-state index in [1.54, 1.807) is 16.3 Å². The predicted octanol–water partition coefficient (Wildman–Crippen LogP) is 3.34. The summed E-state index contributed by atoms with van der Waals surface area (Å²) < 4.78 is 1.67. The predicted molar refractivity (Wildman–Crippen MR) is 118 cm³/mol. The molecule has 8 heteroatoms. The van der Waals surface area contributed by atoms with Gasteiger partial charge in [-0.25, -0.2) is 14.5 Å². The van der Waals surface area contributed by atoms with Crippen molar-refractivity contribution in [1.29, 1.82) is 0 Å². The van der Waals surface area contributed by atoms with Gasteiger partial charge in [-0.1, -0.05) is 30.3 Å². The number of likely N-dealkylation sites (tertiary alicyclic amines) is 1. The molecule has 1 aromatic carbocycles. The zero-order chi connectivity index (χ0) is 20.1. The molecule has 0 saturated carbocycles. The van der Waals surface area contributed by atoms with E-state index < -0.39 is 0 Å². The highest BCUT2D eigenvalue weighted by molar-refractivity contribution is 7.99. The van der Waals surface area contributed by atoms with Gasteiger partial charge in [0, 0.05) is 25.3 Å². The Hall–Kier alpha value is -2.32. The molecule has 0 aliphatic carbocycles. The third kappa shape index (κ3) is 5.00. The summed E-state index contributed by atoms with van der Waals surface area (Å²) in [5, 5.41) is 9.66. The number of carbonyl (C=O) groups is 1. The molecule has 29 heavy (non-hydrogen) atoms. The molecule has 3 aromatic rings. The van der Waals surface area contributed by atoms with Crippen molar-refractivity contribution in [3.05, 3.63) is 69.7 Å². The third-order valence-electron chi connectivity index (χ3n) is 5.24. The van der Waals surface area contributed by atoms with Crippen LogP contribution in [0.15, 0.2) is 52.6 Å². The maximum atomic E-state index is 12.5. The highest BCUT2D eigenvalue weighted by Gasteiger charge is 2.25. The van der Waals surface area contributed by atoms with Crippen molar-refractivity contribution in [3.8, 4) is 5.00 Å². The van der Waals surface area contributed by atoms with Crippen molar-refractivity contribution in [2.24, 2.45) is 5.92 Å². The number of nitrogens with one attached hydrogen (secondary N) is 1. The summed E-state index contributed by atoms with van der Waals surface area (Å²) >= 11 is 3.20. The molecule has 3 heterocycles. The summed E-state index contributed by atoms with van der Waals surface area (Å²) in [4.78, 5) is 26.6. The zero-order valence-corrected chi connectivity index (χ0v) is 17.8. The smallest absolute Gasteiger partial charge is 0.342 e. The lowest BCUT2D eigenvalue weighted by molar-refractivity contribution is -0.129. The average Bonchev–Trinajstić information content (AvgIpc) is 3.39. The van der Waals surface area contributed by atoms with Gasteiger partial charge in [0.1, 0.15) is 10.8 Å². The van der Waals surface area contributed by atoms with E-state index in [0.717, 1.165) is 48.9 Å². The lowest BCUT2D eigenvalue weighted by atomic mass is 9.93. The highest BCUT2D eigenvalue weighted by Crippen LogP contribution is 2.23. The van der Waals surface area contributed by atoms with Gasteiger partial charge in [0.05, 0.1) is 5.75 Å². The summed E-state index contributed by atoms with van der Waals surface area (Å²) in [5.74, 6) is 2.82. The molecular weight excluding hydrogens is 404 g/mol. The van der Waals surface area contributed by atoms with E-state index >= 15 is 0 Å². The van der Waals surface area contributed by atoms with E-state index in [4.69, 9.17) is 0 Å². The number of amides is 1. The lowest BCUT2D eigenvalue weighted by Crippen LogP contribution is -2.40. The van der Waals surface area contributed by atoms with Crippen molar-refractivity contribution >= 4 is 29.0 Å². The number of nitrogens with zero attached hydrogens (tertiary/aromatic N) is 3. The first-order valence-corrected chi connectivity index (χ1v) is 11.8. The summed E-state index contributed by atoms with van der Waals surface area (Å²) in [7, 11) is 0. The van der Waals surface area contributed by atoms with Crippen molar-refractivity contribution in [1.82, 2.24) is 19.7 Å². The van der Waals surface area contributed by atoms with E-state index in [-0.39, 0.29) is 11.6 Å². The number of carbonyl (C=O) groups excluding carboxylic acids is 1. The van der Waals surface area contributed by atoms with Gasteiger partial charge in [-0.05, 0) is 41.8 Å². The molecule has 0 radical (unpaired) electrons. The average molecular weight is 429 g/mol. The monoisotopic (exact) mass is 428 g/mol. The Morgan fingerprint density at radius 3 is 2.69 bits per heavy atom. The first kappa shape index (κ1) is 20.0. The van der Waals surface area contributed by atoms with Crippen molar-refractivity contribution in [2.75, 3.05) is 18.8 Å². The van der Waals surface area contributed by atoms with Crippen LogP contribution >= 0.6 is 23.1 Å². The van der Waals surface area contributed by atoms with E-state index in [2.05, 4.69) is 22.3 Å². The second-order valence-corrected chi connectivity index (χ2v) is 9.15. The number of thioether (sulfide) groups is 1. The van der Waals surface area contributed by atoms with Crippen molar-refractivity contribution < 1.29 is 4.79 Å². The van der Waals surface area contributed by atoms with Gasteiger partial charge in [0.2, 0.25) is 5.91 Å². The van der Waals surface area contributed by atoms with Gasteiger partial charge in [-0.3, -0.25) is 4.79 Å². The normalized spacial score (nSPS) is 15.0. The molecule has 0 unspecified atom stereocenters. The number of hydrogen-bond acceptors (Lipinski definition) is 5. The second-order valence-electron chi connectivity index (χ2n) is 7.24. The van der Waals surface area contributed by atoms with Crippen LogP contribution in [0.2, 0.25) is 0 Å². The fraction of sp³-hybridized carbons (Fsp3) is 0.381. The van der Waals surface area contributed by atoms with Crippen LogP contribution in [0.3, 0.4) is 0 Å². The van der Waals surface area contributed by atoms with Gasteiger partial charge in [-0.15, -0.1) is 23.1 Å². The third-order valence-corrected chi connectivity index (χ3v) is 7.09. The summed E-state index contributed by atoms with van der Waals surface area (Å²) in [6, 6.07) is 14.1. The zero-order valence-electron chi connectivity index (χ0n) is 16.1. The number of H-pyrrole nitrogens is 1. The molecule has 6 nitrogen and oxygen atoms in total. The van der Waals surface area contributed by atoms with E-state index in [0.29, 0.717) is 11.7 Å².